The minimum absolute atomic E-state index is 0.0626. The van der Waals surface area contributed by atoms with Gasteiger partial charge in [-0.25, -0.2) is 0 Å². The Morgan fingerprint density at radius 3 is 2.90 bits per heavy atom. The number of anilines is 1. The molecular formula is C15H23N3O2. The van der Waals surface area contributed by atoms with Crippen LogP contribution in [0.3, 0.4) is 0 Å². The number of hydrogen-bond donors (Lipinski definition) is 1. The van der Waals surface area contributed by atoms with Crippen molar-refractivity contribution in [2.45, 2.75) is 18.9 Å². The number of amides is 1. The fourth-order valence-electron chi connectivity index (χ4n) is 2.72. The Bertz CT molecular complexity index is 488. The second kappa shape index (κ2) is 6.13. The molecule has 1 fully saturated rings. The molecule has 0 spiro atoms. The van der Waals surface area contributed by atoms with Crippen molar-refractivity contribution in [3.05, 3.63) is 23.8 Å². The molecule has 110 valence electrons. The molecule has 1 saturated heterocycles. The van der Waals surface area contributed by atoms with E-state index in [0.29, 0.717) is 23.0 Å². The number of nitrogens with zero attached hydrogens (tertiary/aromatic N) is 2. The normalized spacial score (nSPS) is 18.6. The summed E-state index contributed by atoms with van der Waals surface area (Å²) in [7, 11) is 5.63. The lowest BCUT2D eigenvalue weighted by Gasteiger charge is -2.27. The van der Waals surface area contributed by atoms with E-state index in [1.54, 1.807) is 25.3 Å². The second-order valence-corrected chi connectivity index (χ2v) is 5.51. The number of benzene rings is 1. The number of rotatable bonds is 4. The van der Waals surface area contributed by atoms with Crippen molar-refractivity contribution in [3.63, 3.8) is 0 Å². The maximum atomic E-state index is 12.6. The Kier molecular flexibility index (Phi) is 4.49. The Hall–Kier alpha value is -1.75. The first-order valence-electron chi connectivity index (χ1n) is 6.92. The first-order chi connectivity index (χ1) is 9.52. The van der Waals surface area contributed by atoms with Crippen LogP contribution in [0.5, 0.6) is 5.75 Å². The van der Waals surface area contributed by atoms with Crippen molar-refractivity contribution in [1.82, 2.24) is 9.80 Å². The molecule has 0 aliphatic carbocycles. The number of nitrogens with two attached hydrogens (primary N) is 1. The van der Waals surface area contributed by atoms with Gasteiger partial charge in [-0.15, -0.1) is 0 Å². The summed E-state index contributed by atoms with van der Waals surface area (Å²) < 4.78 is 5.19. The molecular weight excluding hydrogens is 254 g/mol. The molecule has 1 aromatic rings. The summed E-state index contributed by atoms with van der Waals surface area (Å²) in [6.07, 6.45) is 2.13. The van der Waals surface area contributed by atoms with Crippen molar-refractivity contribution < 1.29 is 9.53 Å². The van der Waals surface area contributed by atoms with E-state index in [4.69, 9.17) is 10.5 Å². The van der Waals surface area contributed by atoms with Gasteiger partial charge in [0.15, 0.2) is 0 Å². The Balaban J connectivity index is 2.18. The summed E-state index contributed by atoms with van der Waals surface area (Å²) >= 11 is 0. The Morgan fingerprint density at radius 2 is 2.25 bits per heavy atom. The highest BCUT2D eigenvalue weighted by Crippen LogP contribution is 2.25. The van der Waals surface area contributed by atoms with Crippen LogP contribution < -0.4 is 10.5 Å². The van der Waals surface area contributed by atoms with E-state index in [9.17, 15) is 4.79 Å². The van der Waals surface area contributed by atoms with Crippen LogP contribution in [0.4, 0.5) is 5.69 Å². The molecule has 2 rings (SSSR count). The highest BCUT2D eigenvalue weighted by atomic mass is 16.5. The third-order valence-electron chi connectivity index (χ3n) is 3.69. The van der Waals surface area contributed by atoms with Crippen LogP contribution in [-0.2, 0) is 0 Å². The average molecular weight is 277 g/mol. The topological polar surface area (TPSA) is 58.8 Å². The van der Waals surface area contributed by atoms with Crippen molar-refractivity contribution in [2.24, 2.45) is 0 Å². The molecule has 0 aromatic heterocycles. The third kappa shape index (κ3) is 3.04. The second-order valence-electron chi connectivity index (χ2n) is 5.51. The zero-order valence-electron chi connectivity index (χ0n) is 12.4. The maximum absolute atomic E-state index is 12.6. The average Bonchev–Trinajstić information content (AvgIpc) is 2.85. The van der Waals surface area contributed by atoms with Gasteiger partial charge in [-0.2, -0.15) is 0 Å². The lowest BCUT2D eigenvalue weighted by Crippen LogP contribution is -2.41. The highest BCUT2D eigenvalue weighted by Gasteiger charge is 2.29. The van der Waals surface area contributed by atoms with Crippen LogP contribution in [0.2, 0.25) is 0 Å². The SMILES string of the molecule is COc1cc(C(=O)N2CCCC2CN(C)C)ccc1N. The van der Waals surface area contributed by atoms with Gasteiger partial charge in [0, 0.05) is 24.7 Å². The lowest BCUT2D eigenvalue weighted by molar-refractivity contribution is 0.0716. The Labute approximate surface area is 120 Å². The molecule has 1 atom stereocenters. The number of likely N-dealkylation sites (N-methyl/N-ethyl adjacent to an activating group) is 1. The molecule has 0 saturated carbocycles. The summed E-state index contributed by atoms with van der Waals surface area (Å²) in [6, 6.07) is 5.51. The first-order valence-corrected chi connectivity index (χ1v) is 6.92. The molecule has 5 nitrogen and oxygen atoms in total. The Morgan fingerprint density at radius 1 is 1.50 bits per heavy atom. The lowest BCUT2D eigenvalue weighted by atomic mass is 10.1. The fraction of sp³-hybridized carbons (Fsp3) is 0.533. The predicted molar refractivity (Wildman–Crippen MR) is 80.0 cm³/mol. The number of hydrogen-bond acceptors (Lipinski definition) is 4. The van der Waals surface area contributed by atoms with Gasteiger partial charge in [-0.3, -0.25) is 4.79 Å². The van der Waals surface area contributed by atoms with Crippen LogP contribution >= 0.6 is 0 Å². The number of ether oxygens (including phenoxy) is 1. The van der Waals surface area contributed by atoms with E-state index in [1.807, 2.05) is 19.0 Å². The van der Waals surface area contributed by atoms with E-state index in [0.717, 1.165) is 25.9 Å². The molecule has 1 heterocycles. The fourth-order valence-corrected chi connectivity index (χ4v) is 2.72. The number of carbonyl (C=O) groups excluding carboxylic acids is 1. The minimum atomic E-state index is 0.0626. The van der Waals surface area contributed by atoms with Crippen molar-refractivity contribution >= 4 is 11.6 Å². The van der Waals surface area contributed by atoms with Crippen LogP contribution in [0.1, 0.15) is 23.2 Å². The van der Waals surface area contributed by atoms with Crippen LogP contribution in [0.15, 0.2) is 18.2 Å². The van der Waals surface area contributed by atoms with E-state index in [1.165, 1.54) is 0 Å². The number of methoxy groups -OCH3 is 1. The maximum Gasteiger partial charge on any atom is 0.254 e. The quantitative estimate of drug-likeness (QED) is 0.846. The first kappa shape index (κ1) is 14.7. The van der Waals surface area contributed by atoms with Crippen LogP contribution in [-0.4, -0.2) is 56.0 Å². The van der Waals surface area contributed by atoms with Crippen molar-refractivity contribution in [2.75, 3.05) is 40.0 Å². The summed E-state index contributed by atoms with van der Waals surface area (Å²) in [4.78, 5) is 16.7. The third-order valence-corrected chi connectivity index (χ3v) is 3.69. The van der Waals surface area contributed by atoms with Gasteiger partial charge in [-0.05, 0) is 45.1 Å². The van der Waals surface area contributed by atoms with Gasteiger partial charge in [0.1, 0.15) is 5.75 Å². The summed E-state index contributed by atoms with van der Waals surface area (Å²) in [6.45, 7) is 1.72. The zero-order valence-corrected chi connectivity index (χ0v) is 12.4. The zero-order chi connectivity index (χ0) is 14.7. The smallest absolute Gasteiger partial charge is 0.254 e. The predicted octanol–water partition coefficient (Wildman–Crippen LogP) is 1.44. The van der Waals surface area contributed by atoms with Crippen molar-refractivity contribution in [3.8, 4) is 5.75 Å². The molecule has 1 aliphatic heterocycles. The molecule has 0 radical (unpaired) electrons. The molecule has 20 heavy (non-hydrogen) atoms. The van der Waals surface area contributed by atoms with Crippen LogP contribution in [0, 0.1) is 0 Å². The molecule has 5 heteroatoms. The van der Waals surface area contributed by atoms with Gasteiger partial charge < -0.3 is 20.3 Å². The molecule has 1 amide bonds. The molecule has 1 unspecified atom stereocenters. The largest absolute Gasteiger partial charge is 0.495 e. The monoisotopic (exact) mass is 277 g/mol. The van der Waals surface area contributed by atoms with E-state index >= 15 is 0 Å². The van der Waals surface area contributed by atoms with E-state index in [2.05, 4.69) is 4.90 Å². The van der Waals surface area contributed by atoms with Gasteiger partial charge in [0.25, 0.3) is 5.91 Å². The van der Waals surface area contributed by atoms with Gasteiger partial charge >= 0.3 is 0 Å². The number of nitrogen functional groups attached to an aromatic ring is 1. The molecule has 2 N–H and O–H groups in total. The number of likely N-dealkylation sites (tertiary alicyclic amines) is 1. The van der Waals surface area contributed by atoms with Gasteiger partial charge in [-0.1, -0.05) is 0 Å². The molecule has 1 aromatic carbocycles. The van der Waals surface area contributed by atoms with E-state index < -0.39 is 0 Å². The van der Waals surface area contributed by atoms with E-state index in [-0.39, 0.29) is 5.91 Å². The minimum Gasteiger partial charge on any atom is -0.495 e. The van der Waals surface area contributed by atoms with Crippen molar-refractivity contribution in [1.29, 1.82) is 0 Å². The highest BCUT2D eigenvalue weighted by molar-refractivity contribution is 5.95. The van der Waals surface area contributed by atoms with Crippen LogP contribution in [0.25, 0.3) is 0 Å². The molecule has 1 aliphatic rings. The van der Waals surface area contributed by atoms with Gasteiger partial charge in [0.05, 0.1) is 12.8 Å². The number of carbonyl (C=O) groups is 1. The molecule has 0 bridgehead atoms. The summed E-state index contributed by atoms with van der Waals surface area (Å²) in [5.74, 6) is 0.617. The van der Waals surface area contributed by atoms with Gasteiger partial charge in [0.2, 0.25) is 0 Å². The standard InChI is InChI=1S/C15H23N3O2/c1-17(2)10-12-5-4-8-18(12)15(19)11-6-7-13(16)14(9-11)20-3/h6-7,9,12H,4-5,8,10,16H2,1-3H3. The summed E-state index contributed by atoms with van der Waals surface area (Å²) in [5.41, 5.74) is 6.98. The summed E-state index contributed by atoms with van der Waals surface area (Å²) in [5, 5.41) is 0.